The zero-order chi connectivity index (χ0) is 21.9. The van der Waals surface area contributed by atoms with Gasteiger partial charge in [-0.15, -0.1) is 0 Å². The maximum Gasteiger partial charge on any atom is 0.263 e. The molecule has 0 heterocycles. The van der Waals surface area contributed by atoms with Crippen molar-refractivity contribution in [3.8, 4) is 29.1 Å². The van der Waals surface area contributed by atoms with Gasteiger partial charge in [-0.2, -0.15) is 5.26 Å². The van der Waals surface area contributed by atoms with E-state index in [1.54, 1.807) is 39.5 Å². The highest BCUT2D eigenvalue weighted by Crippen LogP contribution is 2.30. The van der Waals surface area contributed by atoms with Crippen molar-refractivity contribution in [2.75, 3.05) is 40.3 Å². The monoisotopic (exact) mass is 411 g/mol. The molecule has 0 saturated carbocycles. The van der Waals surface area contributed by atoms with Crippen LogP contribution in [0.5, 0.6) is 23.0 Å². The summed E-state index contributed by atoms with van der Waals surface area (Å²) in [4.78, 5) is 12.3. The van der Waals surface area contributed by atoms with Gasteiger partial charge in [0.05, 0.1) is 28.4 Å². The number of anilines is 1. The number of nitrogens with one attached hydrogen (secondary N) is 2. The van der Waals surface area contributed by atoms with Gasteiger partial charge >= 0.3 is 0 Å². The fraction of sp³-hybridized carbons (Fsp3) is 0.273. The lowest BCUT2D eigenvalue weighted by Gasteiger charge is -2.10. The van der Waals surface area contributed by atoms with Crippen molar-refractivity contribution in [1.82, 2.24) is 5.32 Å². The highest BCUT2D eigenvalue weighted by molar-refractivity contribution is 5.97. The van der Waals surface area contributed by atoms with Crippen molar-refractivity contribution < 1.29 is 23.7 Å². The normalized spacial score (nSPS) is 10.6. The molecule has 1 amide bonds. The quantitative estimate of drug-likeness (QED) is 0.458. The number of hydrogen-bond donors (Lipinski definition) is 2. The van der Waals surface area contributed by atoms with Crippen LogP contribution in [-0.4, -0.2) is 40.9 Å². The summed E-state index contributed by atoms with van der Waals surface area (Å²) >= 11 is 0. The van der Waals surface area contributed by atoms with Gasteiger partial charge in [0, 0.05) is 24.5 Å². The topological polar surface area (TPSA) is 102 Å². The number of carbonyl (C=O) groups excluding carboxylic acids is 1. The standard InChI is InChI=1S/C22H25N3O5/c1-27-18-7-5-15(11-20(18)29-3)9-10-24-22(26)16(13-23)14-25-17-6-8-19(28-2)21(12-17)30-4/h5-8,11-12,14,25H,9-10H2,1-4H3,(H,24,26)/b16-14-. The summed E-state index contributed by atoms with van der Waals surface area (Å²) in [6.07, 6.45) is 1.93. The Kier molecular flexibility index (Phi) is 8.39. The van der Waals surface area contributed by atoms with Gasteiger partial charge in [-0.1, -0.05) is 6.07 Å². The highest BCUT2D eigenvalue weighted by Gasteiger charge is 2.10. The van der Waals surface area contributed by atoms with E-state index in [4.69, 9.17) is 18.9 Å². The number of nitrogens with zero attached hydrogens (tertiary/aromatic N) is 1. The van der Waals surface area contributed by atoms with E-state index in [-0.39, 0.29) is 5.57 Å². The fourth-order valence-electron chi connectivity index (χ4n) is 2.68. The summed E-state index contributed by atoms with van der Waals surface area (Å²) in [7, 11) is 6.22. The summed E-state index contributed by atoms with van der Waals surface area (Å²) in [6.45, 7) is 0.365. The molecule has 0 aliphatic carbocycles. The van der Waals surface area contributed by atoms with Crippen molar-refractivity contribution in [3.05, 3.63) is 53.7 Å². The van der Waals surface area contributed by atoms with Crippen molar-refractivity contribution >= 4 is 11.6 Å². The predicted molar refractivity (Wildman–Crippen MR) is 113 cm³/mol. The third-order valence-electron chi connectivity index (χ3n) is 4.28. The molecular formula is C22H25N3O5. The van der Waals surface area contributed by atoms with E-state index in [1.807, 2.05) is 24.3 Å². The average Bonchev–Trinajstić information content (AvgIpc) is 2.79. The first kappa shape index (κ1) is 22.4. The molecule has 0 aliphatic heterocycles. The van der Waals surface area contributed by atoms with E-state index < -0.39 is 5.91 Å². The Labute approximate surface area is 176 Å². The van der Waals surface area contributed by atoms with E-state index in [1.165, 1.54) is 13.3 Å². The largest absolute Gasteiger partial charge is 0.493 e. The van der Waals surface area contributed by atoms with E-state index >= 15 is 0 Å². The maximum atomic E-state index is 12.3. The SMILES string of the molecule is COc1ccc(CCNC(=O)/C(C#N)=C\Nc2ccc(OC)c(OC)c2)cc1OC. The Morgan fingerprint density at radius 3 is 2.13 bits per heavy atom. The Hall–Kier alpha value is -3.86. The van der Waals surface area contributed by atoms with E-state index in [2.05, 4.69) is 10.6 Å². The van der Waals surface area contributed by atoms with E-state index in [9.17, 15) is 10.1 Å². The number of amides is 1. The lowest BCUT2D eigenvalue weighted by atomic mass is 10.1. The van der Waals surface area contributed by atoms with Gasteiger partial charge in [0.15, 0.2) is 23.0 Å². The third kappa shape index (κ3) is 5.82. The van der Waals surface area contributed by atoms with E-state index in [0.29, 0.717) is 41.7 Å². The molecule has 0 unspecified atom stereocenters. The van der Waals surface area contributed by atoms with E-state index in [0.717, 1.165) is 5.56 Å². The third-order valence-corrected chi connectivity index (χ3v) is 4.28. The van der Waals surface area contributed by atoms with Crippen LogP contribution in [0.25, 0.3) is 0 Å². The molecule has 0 aliphatic rings. The number of methoxy groups -OCH3 is 4. The van der Waals surface area contributed by atoms with Crippen molar-refractivity contribution in [2.24, 2.45) is 0 Å². The highest BCUT2D eigenvalue weighted by atomic mass is 16.5. The summed E-state index contributed by atoms with van der Waals surface area (Å²) in [5, 5.41) is 15.0. The van der Waals surface area contributed by atoms with Crippen LogP contribution in [0.15, 0.2) is 48.2 Å². The number of ether oxygens (including phenoxy) is 4. The van der Waals surface area contributed by atoms with Crippen molar-refractivity contribution in [1.29, 1.82) is 5.26 Å². The number of rotatable bonds is 10. The van der Waals surface area contributed by atoms with Gasteiger partial charge in [0.25, 0.3) is 5.91 Å². The smallest absolute Gasteiger partial charge is 0.263 e. The number of benzene rings is 2. The molecule has 0 bridgehead atoms. The molecule has 0 aromatic heterocycles. The summed E-state index contributed by atoms with van der Waals surface area (Å²) in [5.41, 5.74) is 1.58. The Morgan fingerprint density at radius 2 is 1.53 bits per heavy atom. The molecule has 0 fully saturated rings. The van der Waals surface area contributed by atoms with Gasteiger partial charge in [0.2, 0.25) is 0 Å². The summed E-state index contributed by atoms with van der Waals surface area (Å²) < 4.78 is 20.9. The fourth-order valence-corrected chi connectivity index (χ4v) is 2.68. The van der Waals surface area contributed by atoms with Gasteiger partial charge < -0.3 is 29.6 Å². The molecule has 30 heavy (non-hydrogen) atoms. The minimum atomic E-state index is -0.467. The van der Waals surface area contributed by atoms with Crippen LogP contribution in [0.3, 0.4) is 0 Å². The van der Waals surface area contributed by atoms with Crippen LogP contribution in [-0.2, 0) is 11.2 Å². The second-order valence-electron chi connectivity index (χ2n) is 6.08. The van der Waals surface area contributed by atoms with Crippen LogP contribution in [0, 0.1) is 11.3 Å². The van der Waals surface area contributed by atoms with Crippen LogP contribution < -0.4 is 29.6 Å². The van der Waals surface area contributed by atoms with Gasteiger partial charge in [-0.3, -0.25) is 4.79 Å². The predicted octanol–water partition coefficient (Wildman–Crippen LogP) is 2.90. The first-order valence-corrected chi connectivity index (χ1v) is 9.14. The lowest BCUT2D eigenvalue weighted by Crippen LogP contribution is -2.27. The molecule has 0 saturated heterocycles. The summed E-state index contributed by atoms with van der Waals surface area (Å²) in [6, 6.07) is 12.6. The Bertz CT molecular complexity index is 950. The molecule has 2 N–H and O–H groups in total. The second kappa shape index (κ2) is 11.2. The molecule has 2 aromatic carbocycles. The molecule has 8 heteroatoms. The minimum absolute atomic E-state index is 0.0444. The Morgan fingerprint density at radius 1 is 0.933 bits per heavy atom. The summed E-state index contributed by atoms with van der Waals surface area (Å²) in [5.74, 6) is 1.92. The first-order chi connectivity index (χ1) is 14.6. The molecule has 0 spiro atoms. The number of carbonyl (C=O) groups is 1. The van der Waals surface area contributed by atoms with Crippen LogP contribution in [0.1, 0.15) is 5.56 Å². The number of nitriles is 1. The van der Waals surface area contributed by atoms with Crippen molar-refractivity contribution in [3.63, 3.8) is 0 Å². The number of hydrogen-bond acceptors (Lipinski definition) is 7. The zero-order valence-corrected chi connectivity index (χ0v) is 17.4. The minimum Gasteiger partial charge on any atom is -0.493 e. The molecule has 2 rings (SSSR count). The lowest BCUT2D eigenvalue weighted by molar-refractivity contribution is -0.117. The molecule has 2 aromatic rings. The van der Waals surface area contributed by atoms with Gasteiger partial charge in [0.1, 0.15) is 11.6 Å². The second-order valence-corrected chi connectivity index (χ2v) is 6.08. The van der Waals surface area contributed by atoms with Crippen LogP contribution >= 0.6 is 0 Å². The molecular weight excluding hydrogens is 386 g/mol. The average molecular weight is 411 g/mol. The molecule has 8 nitrogen and oxygen atoms in total. The van der Waals surface area contributed by atoms with Crippen molar-refractivity contribution in [2.45, 2.75) is 6.42 Å². The van der Waals surface area contributed by atoms with Gasteiger partial charge in [-0.05, 0) is 36.2 Å². The van der Waals surface area contributed by atoms with Gasteiger partial charge in [-0.25, -0.2) is 0 Å². The van der Waals surface area contributed by atoms with Crippen LogP contribution in [0.2, 0.25) is 0 Å². The van der Waals surface area contributed by atoms with Crippen LogP contribution in [0.4, 0.5) is 5.69 Å². The maximum absolute atomic E-state index is 12.3. The Balaban J connectivity index is 1.96. The zero-order valence-electron chi connectivity index (χ0n) is 17.4. The molecule has 0 radical (unpaired) electrons. The first-order valence-electron chi connectivity index (χ1n) is 9.14. The molecule has 158 valence electrons. The molecule has 0 atom stereocenters.